The van der Waals surface area contributed by atoms with E-state index in [1.54, 1.807) is 10.4 Å². The van der Waals surface area contributed by atoms with E-state index in [1.807, 2.05) is 45.2 Å². The number of aliphatic hydroxyl groups is 1. The molecular weight excluding hydrogens is 891 g/mol. The van der Waals surface area contributed by atoms with Crippen LogP contribution in [0, 0.1) is 24.8 Å². The molecule has 1 N–H and O–H groups in total. The number of rotatable bonds is 9. The number of carbonyl (C=O) groups excluding carboxylic acids is 1. The molecule has 0 unspecified atom stereocenters. The van der Waals surface area contributed by atoms with Crippen LogP contribution >= 0.6 is 11.3 Å². The molecule has 3 heterocycles. The third-order valence-corrected chi connectivity index (χ3v) is 20.8. The van der Waals surface area contributed by atoms with E-state index in [2.05, 4.69) is 115 Å². The minimum Gasteiger partial charge on any atom is -0.512 e. The number of allylic oxidation sites excluding steroid dienone is 2. The fourth-order valence-corrected chi connectivity index (χ4v) is 19.7. The summed E-state index contributed by atoms with van der Waals surface area (Å²) in [5.74, 6) is 0.547. The first-order valence-corrected chi connectivity index (χ1v) is 27.1. The summed E-state index contributed by atoms with van der Waals surface area (Å²) in [4.78, 5) is 18.1. The van der Waals surface area contributed by atoms with Crippen LogP contribution in [0.5, 0.6) is 0 Å². The van der Waals surface area contributed by atoms with E-state index in [1.165, 1.54) is 55.2 Å². The van der Waals surface area contributed by atoms with Crippen LogP contribution in [0.3, 0.4) is 0 Å². The van der Waals surface area contributed by atoms with Gasteiger partial charge in [-0.25, -0.2) is 0 Å². The van der Waals surface area contributed by atoms with Gasteiger partial charge in [-0.05, 0) is 60.6 Å². The number of hydrogen-bond donors (Lipinski definition) is 1. The molecule has 0 spiro atoms. The van der Waals surface area contributed by atoms with Crippen LogP contribution in [0.15, 0.2) is 72.6 Å². The molecule has 0 bridgehead atoms. The van der Waals surface area contributed by atoms with Crippen molar-refractivity contribution in [2.45, 2.75) is 125 Å². The average molecular weight is 953 g/mol. The Morgan fingerprint density at radius 2 is 1.48 bits per heavy atom. The third kappa shape index (κ3) is 9.13. The smallest absolute Gasteiger partial charge is 0.162 e. The van der Waals surface area contributed by atoms with Crippen LogP contribution in [-0.2, 0) is 30.3 Å². The number of thiophene rings is 1. The Hall–Kier alpha value is -2.68. The molecule has 0 aliphatic carbocycles. The Morgan fingerprint density at radius 1 is 0.870 bits per heavy atom. The summed E-state index contributed by atoms with van der Waals surface area (Å²) in [6.07, 6.45) is 6.89. The van der Waals surface area contributed by atoms with Gasteiger partial charge in [-0.2, -0.15) is 0 Å². The Morgan fingerprint density at radius 3 is 2.09 bits per heavy atom. The molecule has 0 fully saturated rings. The Balaban J connectivity index is 0.000000347. The second-order valence-electron chi connectivity index (χ2n) is 17.5. The van der Waals surface area contributed by atoms with E-state index >= 15 is 0 Å². The van der Waals surface area contributed by atoms with Crippen LogP contribution in [-0.4, -0.2) is 32.0 Å². The summed E-state index contributed by atoms with van der Waals surface area (Å²) >= 11 is 1.91. The van der Waals surface area contributed by atoms with Crippen molar-refractivity contribution in [3.05, 3.63) is 89.8 Å². The maximum Gasteiger partial charge on any atom is 0.162 e. The first-order chi connectivity index (χ1) is 25.0. The second-order valence-corrected chi connectivity index (χ2v) is 28.1. The van der Waals surface area contributed by atoms with Gasteiger partial charge in [0, 0.05) is 59.5 Å². The molecule has 291 valence electrons. The first kappa shape index (κ1) is 44.0. The van der Waals surface area contributed by atoms with Crippen LogP contribution in [0.25, 0.3) is 42.6 Å². The predicted molar refractivity (Wildman–Crippen MR) is 238 cm³/mol. The zero-order valence-corrected chi connectivity index (χ0v) is 40.0. The summed E-state index contributed by atoms with van der Waals surface area (Å²) in [6.45, 7) is 27.5. The number of carbonyl (C=O) groups is 1. The fraction of sp³-hybridized carbons (Fsp3) is 0.447. The maximum atomic E-state index is 11.7. The molecule has 2 aromatic heterocycles. The predicted octanol–water partition coefficient (Wildman–Crippen LogP) is 12.9. The fourth-order valence-electron chi connectivity index (χ4n) is 8.10. The van der Waals surface area contributed by atoms with Gasteiger partial charge in [0.05, 0.1) is 21.9 Å². The van der Waals surface area contributed by atoms with Gasteiger partial charge in [0.15, 0.2) is 5.78 Å². The van der Waals surface area contributed by atoms with E-state index < -0.39 is 16.1 Å². The van der Waals surface area contributed by atoms with Crippen LogP contribution in [0.2, 0.25) is 38.3 Å². The van der Waals surface area contributed by atoms with Crippen molar-refractivity contribution < 1.29 is 30.0 Å². The minimum absolute atomic E-state index is 0. The molecule has 0 atom stereocenters. The number of fused-ring (bicyclic) bond motifs is 3. The Labute approximate surface area is 345 Å². The van der Waals surface area contributed by atoms with Gasteiger partial charge in [0.25, 0.3) is 0 Å². The van der Waals surface area contributed by atoms with E-state index in [9.17, 15) is 9.90 Å². The molecule has 1 radical (unpaired) electrons. The molecule has 3 nitrogen and oxygen atoms in total. The summed E-state index contributed by atoms with van der Waals surface area (Å²) in [7, 11) is -2.75. The normalized spacial score (nSPS) is 15.2. The van der Waals surface area contributed by atoms with Gasteiger partial charge in [-0.15, -0.1) is 40.5 Å². The molecule has 5 aromatic rings. The Kier molecular flexibility index (Phi) is 14.4. The van der Waals surface area contributed by atoms with E-state index in [0.717, 1.165) is 42.3 Å². The molecule has 1 aliphatic rings. The number of hydrogen-bond acceptors (Lipinski definition) is 4. The van der Waals surface area contributed by atoms with Crippen molar-refractivity contribution in [2.24, 2.45) is 11.8 Å². The monoisotopic (exact) mass is 953 g/mol. The van der Waals surface area contributed by atoms with Crippen molar-refractivity contribution in [3.63, 3.8) is 0 Å². The van der Waals surface area contributed by atoms with Crippen molar-refractivity contribution >= 4 is 64.5 Å². The van der Waals surface area contributed by atoms with Crippen LogP contribution < -0.4 is 10.4 Å². The Bertz CT molecular complexity index is 2130. The van der Waals surface area contributed by atoms with Crippen molar-refractivity contribution in [3.8, 4) is 21.7 Å². The van der Waals surface area contributed by atoms with Gasteiger partial charge >= 0.3 is 0 Å². The van der Waals surface area contributed by atoms with Crippen molar-refractivity contribution in [1.29, 1.82) is 0 Å². The van der Waals surface area contributed by atoms with Crippen molar-refractivity contribution in [1.82, 2.24) is 4.98 Å². The van der Waals surface area contributed by atoms with Crippen LogP contribution in [0.1, 0.15) is 85.3 Å². The molecule has 3 aromatic carbocycles. The molecule has 54 heavy (non-hydrogen) atoms. The van der Waals surface area contributed by atoms with Gasteiger partial charge in [0.1, 0.15) is 0 Å². The number of nitrogens with zero attached hydrogens (tertiary/aromatic N) is 1. The molecule has 0 saturated carbocycles. The zero-order valence-electron chi connectivity index (χ0n) is 34.8. The number of aryl methyl sites for hydroxylation is 1. The summed E-state index contributed by atoms with van der Waals surface area (Å²) in [5.41, 5.74) is 6.29. The molecule has 0 saturated heterocycles. The van der Waals surface area contributed by atoms with E-state index in [4.69, 9.17) is 4.98 Å². The number of aromatic nitrogens is 1. The van der Waals surface area contributed by atoms with E-state index in [-0.39, 0.29) is 48.9 Å². The molecule has 0 amide bonds. The van der Waals surface area contributed by atoms with Gasteiger partial charge in [-0.3, -0.25) is 9.78 Å². The summed E-state index contributed by atoms with van der Waals surface area (Å²) < 4.78 is 1.27. The number of pyridine rings is 1. The molecular formula is C47H62IrNO2SSi2-. The summed E-state index contributed by atoms with van der Waals surface area (Å²) in [5, 5.41) is 17.0. The minimum atomic E-state index is -1.41. The zero-order chi connectivity index (χ0) is 38.9. The van der Waals surface area contributed by atoms with Crippen LogP contribution in [0.4, 0.5) is 0 Å². The second kappa shape index (κ2) is 17.6. The number of aliphatic hydroxyl groups excluding tert-OH is 1. The average Bonchev–Trinajstić information content (AvgIpc) is 3.46. The third-order valence-electron chi connectivity index (χ3n) is 11.9. The molecule has 1 aliphatic heterocycles. The van der Waals surface area contributed by atoms with Crippen molar-refractivity contribution in [2.75, 3.05) is 0 Å². The number of benzene rings is 3. The maximum absolute atomic E-state index is 11.7. The summed E-state index contributed by atoms with van der Waals surface area (Å²) in [6, 6.07) is 27.3. The quantitative estimate of drug-likeness (QED) is 0.0693. The largest absolute Gasteiger partial charge is 0.512 e. The standard InChI is InChI=1S/C34H38NSSi2.C13H24O2.Ir/c1-22-26-15-16-35-31(25-19-23-11-9-10-12-27(23)28(20-25)34(2,3)4)33(26)36-32(22)24-13-14-29-30(21-24)38(7,8)18-17-37(29,5)6;1-5-10(6-2)12(14)9-13(15)11(7-3)8-4;/h9-16,20-21H,17-18H2,1-8H3;9-11,14H,5-8H2,1-4H3;/q-1;;/b;12-9-;. The van der Waals surface area contributed by atoms with Gasteiger partial charge in [0.2, 0.25) is 0 Å². The first-order valence-electron chi connectivity index (χ1n) is 19.9. The topological polar surface area (TPSA) is 50.2 Å². The van der Waals surface area contributed by atoms with Gasteiger partial charge < -0.3 is 5.11 Å². The molecule has 6 rings (SSSR count). The van der Waals surface area contributed by atoms with E-state index in [0.29, 0.717) is 0 Å². The van der Waals surface area contributed by atoms with Gasteiger partial charge in [-0.1, -0.05) is 144 Å². The number of ketones is 1. The SMILES string of the molecule is CCC(CC)C(=O)/C=C(\O)C(CC)CC.Cc1c(-c2ccc3c(c2)[Si](C)(C)CC[Si]3(C)C)sc2c(-c3[c-]c4ccccc4c(C(C)(C)C)c3)nccc12.[Ir]. The molecule has 7 heteroatoms.